The zero-order valence-electron chi connectivity index (χ0n) is 10.8. The van der Waals surface area contributed by atoms with E-state index < -0.39 is 0 Å². The van der Waals surface area contributed by atoms with E-state index in [1.807, 2.05) is 25.5 Å². The lowest BCUT2D eigenvalue weighted by atomic mass is 9.89. The first-order chi connectivity index (χ1) is 7.30. The summed E-state index contributed by atoms with van der Waals surface area (Å²) < 4.78 is 1.83. The molecule has 1 aromatic rings. The van der Waals surface area contributed by atoms with Crippen LogP contribution in [-0.2, 0) is 17.8 Å². The SMILES string of the molecule is CC(C)Cn1ncnc1CC(=O)C(C)(C)C. The topological polar surface area (TPSA) is 47.8 Å². The lowest BCUT2D eigenvalue weighted by Crippen LogP contribution is -2.24. The van der Waals surface area contributed by atoms with Gasteiger partial charge in [-0.3, -0.25) is 4.79 Å². The van der Waals surface area contributed by atoms with Gasteiger partial charge < -0.3 is 0 Å². The van der Waals surface area contributed by atoms with Gasteiger partial charge in [-0.2, -0.15) is 5.10 Å². The van der Waals surface area contributed by atoms with E-state index in [9.17, 15) is 4.79 Å². The molecule has 1 heterocycles. The summed E-state index contributed by atoms with van der Waals surface area (Å²) in [7, 11) is 0. The second-order valence-electron chi connectivity index (χ2n) is 5.60. The summed E-state index contributed by atoms with van der Waals surface area (Å²) in [5, 5.41) is 4.14. The molecule has 0 aliphatic carbocycles. The summed E-state index contributed by atoms with van der Waals surface area (Å²) in [6.07, 6.45) is 1.89. The molecule has 0 radical (unpaired) electrons. The van der Waals surface area contributed by atoms with Gasteiger partial charge in [-0.15, -0.1) is 0 Å². The van der Waals surface area contributed by atoms with E-state index in [2.05, 4.69) is 23.9 Å². The van der Waals surface area contributed by atoms with E-state index in [0.717, 1.165) is 12.4 Å². The van der Waals surface area contributed by atoms with E-state index in [0.29, 0.717) is 12.3 Å². The summed E-state index contributed by atoms with van der Waals surface area (Å²) in [6.45, 7) is 10.8. The lowest BCUT2D eigenvalue weighted by Gasteiger charge is -2.16. The van der Waals surface area contributed by atoms with Crippen molar-refractivity contribution in [2.24, 2.45) is 11.3 Å². The van der Waals surface area contributed by atoms with Crippen LogP contribution in [0.15, 0.2) is 6.33 Å². The van der Waals surface area contributed by atoms with Gasteiger partial charge in [-0.25, -0.2) is 9.67 Å². The molecule has 90 valence electrons. The molecular weight excluding hydrogens is 202 g/mol. The number of rotatable bonds is 4. The van der Waals surface area contributed by atoms with Crippen LogP contribution in [0.25, 0.3) is 0 Å². The Kier molecular flexibility index (Phi) is 3.83. The van der Waals surface area contributed by atoms with Crippen LogP contribution in [0.5, 0.6) is 0 Å². The Hall–Kier alpha value is -1.19. The predicted molar refractivity (Wildman–Crippen MR) is 63.0 cm³/mol. The molecule has 1 rings (SSSR count). The third-order valence-corrected chi connectivity index (χ3v) is 2.39. The number of nitrogens with zero attached hydrogens (tertiary/aromatic N) is 3. The molecule has 0 spiro atoms. The summed E-state index contributed by atoms with van der Waals surface area (Å²) in [5.74, 6) is 1.48. The largest absolute Gasteiger partial charge is 0.299 e. The number of carbonyl (C=O) groups excluding carboxylic acids is 1. The fourth-order valence-electron chi connectivity index (χ4n) is 1.33. The van der Waals surface area contributed by atoms with Crippen molar-refractivity contribution in [2.45, 2.75) is 47.6 Å². The summed E-state index contributed by atoms with van der Waals surface area (Å²) >= 11 is 0. The molecule has 4 nitrogen and oxygen atoms in total. The van der Waals surface area contributed by atoms with Gasteiger partial charge in [0.05, 0.1) is 6.42 Å². The molecule has 16 heavy (non-hydrogen) atoms. The maximum atomic E-state index is 11.9. The Labute approximate surface area is 97.1 Å². The first-order valence-corrected chi connectivity index (χ1v) is 5.70. The van der Waals surface area contributed by atoms with E-state index in [1.54, 1.807) is 0 Å². The van der Waals surface area contributed by atoms with Crippen molar-refractivity contribution in [3.63, 3.8) is 0 Å². The van der Waals surface area contributed by atoms with Crippen LogP contribution in [0.3, 0.4) is 0 Å². The normalized spacial score (nSPS) is 12.1. The molecule has 0 unspecified atom stereocenters. The zero-order chi connectivity index (χ0) is 12.3. The molecule has 0 saturated heterocycles. The first-order valence-electron chi connectivity index (χ1n) is 5.70. The molecule has 0 amide bonds. The highest BCUT2D eigenvalue weighted by Crippen LogP contribution is 2.17. The molecule has 0 atom stereocenters. The Morgan fingerprint density at radius 2 is 2.06 bits per heavy atom. The average molecular weight is 223 g/mol. The molecule has 0 aromatic carbocycles. The van der Waals surface area contributed by atoms with Crippen molar-refractivity contribution in [3.05, 3.63) is 12.2 Å². The van der Waals surface area contributed by atoms with Crippen LogP contribution in [0.2, 0.25) is 0 Å². The molecule has 0 saturated carbocycles. The Morgan fingerprint density at radius 3 is 2.56 bits per heavy atom. The number of carbonyl (C=O) groups is 1. The molecule has 4 heteroatoms. The number of ketones is 1. The van der Waals surface area contributed by atoms with Crippen LogP contribution in [0, 0.1) is 11.3 Å². The number of aromatic nitrogens is 3. The van der Waals surface area contributed by atoms with Gasteiger partial charge in [-0.1, -0.05) is 34.6 Å². The molecule has 0 aliphatic heterocycles. The Balaban J connectivity index is 2.74. The minimum absolute atomic E-state index is 0.200. The van der Waals surface area contributed by atoms with E-state index in [-0.39, 0.29) is 11.2 Å². The molecular formula is C12H21N3O. The van der Waals surface area contributed by atoms with Crippen molar-refractivity contribution in [1.82, 2.24) is 14.8 Å². The van der Waals surface area contributed by atoms with E-state index in [1.165, 1.54) is 6.33 Å². The van der Waals surface area contributed by atoms with Crippen molar-refractivity contribution in [2.75, 3.05) is 0 Å². The van der Waals surface area contributed by atoms with E-state index >= 15 is 0 Å². The molecule has 0 bridgehead atoms. The van der Waals surface area contributed by atoms with E-state index in [4.69, 9.17) is 0 Å². The standard InChI is InChI=1S/C12H21N3O/c1-9(2)7-15-11(13-8-14-15)6-10(16)12(3,4)5/h8-9H,6-7H2,1-5H3. The number of hydrogen-bond donors (Lipinski definition) is 0. The van der Waals surface area contributed by atoms with Crippen LogP contribution in [0.4, 0.5) is 0 Å². The number of Topliss-reactive ketones (excluding diaryl/α,β-unsaturated/α-hetero) is 1. The Bertz CT molecular complexity index is 361. The van der Waals surface area contributed by atoms with Gasteiger partial charge in [0.25, 0.3) is 0 Å². The molecule has 0 N–H and O–H groups in total. The van der Waals surface area contributed by atoms with Crippen LogP contribution in [-0.4, -0.2) is 20.5 Å². The highest BCUT2D eigenvalue weighted by Gasteiger charge is 2.23. The summed E-state index contributed by atoms with van der Waals surface area (Å²) in [6, 6.07) is 0. The van der Waals surface area contributed by atoms with Crippen LogP contribution in [0.1, 0.15) is 40.4 Å². The van der Waals surface area contributed by atoms with Gasteiger partial charge in [0.15, 0.2) is 0 Å². The summed E-state index contributed by atoms with van der Waals surface area (Å²) in [4.78, 5) is 16.0. The minimum atomic E-state index is -0.311. The fraction of sp³-hybridized carbons (Fsp3) is 0.750. The van der Waals surface area contributed by atoms with Gasteiger partial charge >= 0.3 is 0 Å². The Morgan fingerprint density at radius 1 is 1.44 bits per heavy atom. The van der Waals surface area contributed by atoms with Gasteiger partial charge in [0, 0.05) is 12.0 Å². The maximum Gasteiger partial charge on any atom is 0.145 e. The third kappa shape index (κ3) is 3.43. The van der Waals surface area contributed by atoms with Gasteiger partial charge in [-0.05, 0) is 5.92 Å². The van der Waals surface area contributed by atoms with Crippen molar-refractivity contribution in [3.8, 4) is 0 Å². The quantitative estimate of drug-likeness (QED) is 0.785. The average Bonchev–Trinajstić information content (AvgIpc) is 2.50. The predicted octanol–water partition coefficient (Wildman–Crippen LogP) is 2.09. The number of hydrogen-bond acceptors (Lipinski definition) is 3. The second-order valence-corrected chi connectivity index (χ2v) is 5.60. The summed E-state index contributed by atoms with van der Waals surface area (Å²) in [5.41, 5.74) is -0.311. The van der Waals surface area contributed by atoms with Crippen LogP contribution >= 0.6 is 0 Å². The minimum Gasteiger partial charge on any atom is -0.299 e. The fourth-order valence-corrected chi connectivity index (χ4v) is 1.33. The smallest absolute Gasteiger partial charge is 0.145 e. The molecule has 0 fully saturated rings. The second kappa shape index (κ2) is 4.76. The maximum absolute atomic E-state index is 11.9. The first kappa shape index (κ1) is 12.9. The zero-order valence-corrected chi connectivity index (χ0v) is 10.8. The monoisotopic (exact) mass is 223 g/mol. The van der Waals surface area contributed by atoms with Gasteiger partial charge in [0.2, 0.25) is 0 Å². The third-order valence-electron chi connectivity index (χ3n) is 2.39. The highest BCUT2D eigenvalue weighted by atomic mass is 16.1. The van der Waals surface area contributed by atoms with Gasteiger partial charge in [0.1, 0.15) is 17.9 Å². The van der Waals surface area contributed by atoms with Crippen molar-refractivity contribution < 1.29 is 4.79 Å². The lowest BCUT2D eigenvalue weighted by molar-refractivity contribution is -0.125. The molecule has 0 aliphatic rings. The van der Waals surface area contributed by atoms with Crippen molar-refractivity contribution in [1.29, 1.82) is 0 Å². The van der Waals surface area contributed by atoms with Crippen molar-refractivity contribution >= 4 is 5.78 Å². The van der Waals surface area contributed by atoms with Crippen LogP contribution < -0.4 is 0 Å². The highest BCUT2D eigenvalue weighted by molar-refractivity contribution is 5.85. The molecule has 1 aromatic heterocycles.